The molecule has 2 aromatic rings. The standard InChI is InChI=1S/C21H30N4O/c1-4-20(18-7-9-19(26-3)10-8-18)22-12-17-13-23-21(24-14-17)25-11-5-6-16(2)15-25/h7-10,13-14,16,20,22H,4-6,11-12,15H2,1-3H3/t16-,20+/m0/s1. The summed E-state index contributed by atoms with van der Waals surface area (Å²) >= 11 is 0. The van der Waals surface area contributed by atoms with Gasteiger partial charge in [0.1, 0.15) is 5.75 Å². The molecule has 0 spiro atoms. The zero-order valence-corrected chi connectivity index (χ0v) is 16.1. The van der Waals surface area contributed by atoms with Gasteiger partial charge in [0.15, 0.2) is 0 Å². The quantitative estimate of drug-likeness (QED) is 0.815. The van der Waals surface area contributed by atoms with Gasteiger partial charge in [-0.05, 0) is 42.9 Å². The van der Waals surface area contributed by atoms with E-state index >= 15 is 0 Å². The summed E-state index contributed by atoms with van der Waals surface area (Å²) < 4.78 is 5.24. The highest BCUT2D eigenvalue weighted by atomic mass is 16.5. The molecule has 5 heteroatoms. The van der Waals surface area contributed by atoms with Gasteiger partial charge in [-0.1, -0.05) is 26.0 Å². The average Bonchev–Trinajstić information content (AvgIpc) is 2.69. The summed E-state index contributed by atoms with van der Waals surface area (Å²) in [6, 6.07) is 8.58. The number of methoxy groups -OCH3 is 1. The molecule has 1 aliphatic rings. The van der Waals surface area contributed by atoms with Crippen molar-refractivity contribution >= 4 is 5.95 Å². The van der Waals surface area contributed by atoms with Gasteiger partial charge in [0.05, 0.1) is 7.11 Å². The number of ether oxygens (including phenoxy) is 1. The smallest absolute Gasteiger partial charge is 0.225 e. The van der Waals surface area contributed by atoms with Crippen molar-refractivity contribution in [3.8, 4) is 5.75 Å². The lowest BCUT2D eigenvalue weighted by molar-refractivity contribution is 0.414. The SMILES string of the molecule is CC[C@@H](NCc1cnc(N2CCC[C@H](C)C2)nc1)c1ccc(OC)cc1. The minimum Gasteiger partial charge on any atom is -0.497 e. The van der Waals surface area contributed by atoms with Crippen molar-refractivity contribution in [1.29, 1.82) is 0 Å². The van der Waals surface area contributed by atoms with Crippen molar-refractivity contribution in [2.24, 2.45) is 5.92 Å². The molecule has 0 unspecified atom stereocenters. The number of nitrogens with one attached hydrogen (secondary N) is 1. The topological polar surface area (TPSA) is 50.3 Å². The Kier molecular flexibility index (Phi) is 6.45. The van der Waals surface area contributed by atoms with E-state index in [2.05, 4.69) is 46.2 Å². The molecule has 0 aliphatic carbocycles. The molecule has 0 amide bonds. The highest BCUT2D eigenvalue weighted by Gasteiger charge is 2.18. The fourth-order valence-electron chi connectivity index (χ4n) is 3.55. The van der Waals surface area contributed by atoms with Crippen LogP contribution in [0.5, 0.6) is 5.75 Å². The van der Waals surface area contributed by atoms with Crippen LogP contribution in [-0.4, -0.2) is 30.2 Å². The van der Waals surface area contributed by atoms with Gasteiger partial charge in [0, 0.05) is 43.6 Å². The highest BCUT2D eigenvalue weighted by Crippen LogP contribution is 2.21. The first-order chi connectivity index (χ1) is 12.7. The van der Waals surface area contributed by atoms with Crippen molar-refractivity contribution in [3.05, 3.63) is 47.8 Å². The van der Waals surface area contributed by atoms with Gasteiger partial charge >= 0.3 is 0 Å². The maximum absolute atomic E-state index is 5.24. The normalized spacial score (nSPS) is 18.6. The molecule has 26 heavy (non-hydrogen) atoms. The fourth-order valence-corrected chi connectivity index (χ4v) is 3.55. The molecule has 2 heterocycles. The number of hydrogen-bond acceptors (Lipinski definition) is 5. The van der Waals surface area contributed by atoms with Crippen LogP contribution in [0.4, 0.5) is 5.95 Å². The van der Waals surface area contributed by atoms with Gasteiger partial charge < -0.3 is 15.0 Å². The Morgan fingerprint density at radius 2 is 1.96 bits per heavy atom. The van der Waals surface area contributed by atoms with Crippen LogP contribution in [0, 0.1) is 5.92 Å². The van der Waals surface area contributed by atoms with Crippen molar-refractivity contribution < 1.29 is 4.74 Å². The molecular weight excluding hydrogens is 324 g/mol. The summed E-state index contributed by atoms with van der Waals surface area (Å²) in [5.74, 6) is 2.48. The molecule has 140 valence electrons. The molecule has 1 saturated heterocycles. The molecule has 1 aromatic carbocycles. The number of rotatable bonds is 7. The Bertz CT molecular complexity index is 671. The first kappa shape index (κ1) is 18.6. The molecule has 0 saturated carbocycles. The van der Waals surface area contributed by atoms with Crippen molar-refractivity contribution in [1.82, 2.24) is 15.3 Å². The Labute approximate surface area is 156 Å². The summed E-state index contributed by atoms with van der Waals surface area (Å²) in [4.78, 5) is 11.5. The zero-order valence-electron chi connectivity index (χ0n) is 16.1. The molecule has 3 rings (SSSR count). The minimum absolute atomic E-state index is 0.309. The van der Waals surface area contributed by atoms with E-state index in [1.54, 1.807) is 7.11 Å². The van der Waals surface area contributed by atoms with Gasteiger partial charge in [0.2, 0.25) is 5.95 Å². The lowest BCUT2D eigenvalue weighted by atomic mass is 10.0. The predicted molar refractivity (Wildman–Crippen MR) is 106 cm³/mol. The van der Waals surface area contributed by atoms with Gasteiger partial charge in [-0.2, -0.15) is 0 Å². The van der Waals surface area contributed by atoms with Crippen LogP contribution in [0.3, 0.4) is 0 Å². The maximum Gasteiger partial charge on any atom is 0.225 e. The van der Waals surface area contributed by atoms with Crippen LogP contribution in [0.25, 0.3) is 0 Å². The number of nitrogens with zero attached hydrogens (tertiary/aromatic N) is 3. The number of aromatic nitrogens is 2. The van der Waals surface area contributed by atoms with Crippen LogP contribution >= 0.6 is 0 Å². The van der Waals surface area contributed by atoms with E-state index in [0.29, 0.717) is 6.04 Å². The maximum atomic E-state index is 5.24. The Morgan fingerprint density at radius 1 is 1.23 bits per heavy atom. The Balaban J connectivity index is 1.57. The van der Waals surface area contributed by atoms with Gasteiger partial charge in [-0.25, -0.2) is 9.97 Å². The number of anilines is 1. The molecule has 1 aromatic heterocycles. The third kappa shape index (κ3) is 4.73. The van der Waals surface area contributed by atoms with Crippen LogP contribution in [0.15, 0.2) is 36.7 Å². The summed E-state index contributed by atoms with van der Waals surface area (Å²) in [6.45, 7) is 7.39. The second kappa shape index (κ2) is 8.99. The van der Waals surface area contributed by atoms with Crippen molar-refractivity contribution in [3.63, 3.8) is 0 Å². The van der Waals surface area contributed by atoms with E-state index in [-0.39, 0.29) is 0 Å². The van der Waals surface area contributed by atoms with Crippen LogP contribution in [-0.2, 0) is 6.54 Å². The van der Waals surface area contributed by atoms with E-state index in [9.17, 15) is 0 Å². The van der Waals surface area contributed by atoms with E-state index in [1.165, 1.54) is 18.4 Å². The van der Waals surface area contributed by atoms with Crippen molar-refractivity contribution in [2.75, 3.05) is 25.1 Å². The third-order valence-corrected chi connectivity index (χ3v) is 5.11. The molecule has 5 nitrogen and oxygen atoms in total. The highest BCUT2D eigenvalue weighted by molar-refractivity contribution is 5.31. The summed E-state index contributed by atoms with van der Waals surface area (Å²) in [5, 5.41) is 3.61. The van der Waals surface area contributed by atoms with Gasteiger partial charge in [-0.15, -0.1) is 0 Å². The zero-order chi connectivity index (χ0) is 18.4. The van der Waals surface area contributed by atoms with E-state index in [1.807, 2.05) is 24.5 Å². The van der Waals surface area contributed by atoms with Gasteiger partial charge in [-0.3, -0.25) is 0 Å². The average molecular weight is 354 g/mol. The summed E-state index contributed by atoms with van der Waals surface area (Å²) in [6.07, 6.45) is 7.47. The predicted octanol–water partition coefficient (Wildman–Crippen LogP) is 3.96. The van der Waals surface area contributed by atoms with Gasteiger partial charge in [0.25, 0.3) is 0 Å². The number of piperidine rings is 1. The third-order valence-electron chi connectivity index (χ3n) is 5.11. The second-order valence-electron chi connectivity index (χ2n) is 7.20. The summed E-state index contributed by atoms with van der Waals surface area (Å²) in [7, 11) is 1.69. The lowest BCUT2D eigenvalue weighted by Crippen LogP contribution is -2.35. The molecule has 0 bridgehead atoms. The molecule has 1 aliphatic heterocycles. The molecule has 0 radical (unpaired) electrons. The van der Waals surface area contributed by atoms with E-state index in [4.69, 9.17) is 4.74 Å². The minimum atomic E-state index is 0.309. The first-order valence-electron chi connectivity index (χ1n) is 9.62. The molecule has 1 fully saturated rings. The fraction of sp³-hybridized carbons (Fsp3) is 0.524. The lowest BCUT2D eigenvalue weighted by Gasteiger charge is -2.30. The molecule has 2 atom stereocenters. The van der Waals surface area contributed by atoms with E-state index in [0.717, 1.165) is 49.2 Å². The Morgan fingerprint density at radius 3 is 2.58 bits per heavy atom. The van der Waals surface area contributed by atoms with Crippen LogP contribution in [0.1, 0.15) is 50.3 Å². The largest absolute Gasteiger partial charge is 0.497 e. The Hall–Kier alpha value is -2.14. The monoisotopic (exact) mass is 354 g/mol. The number of hydrogen-bond donors (Lipinski definition) is 1. The van der Waals surface area contributed by atoms with E-state index < -0.39 is 0 Å². The first-order valence-corrected chi connectivity index (χ1v) is 9.62. The van der Waals surface area contributed by atoms with Crippen LogP contribution < -0.4 is 15.0 Å². The second-order valence-corrected chi connectivity index (χ2v) is 7.20. The molecule has 1 N–H and O–H groups in total. The van der Waals surface area contributed by atoms with Crippen LogP contribution in [0.2, 0.25) is 0 Å². The van der Waals surface area contributed by atoms with Crippen molar-refractivity contribution in [2.45, 2.75) is 45.7 Å². The number of benzene rings is 1. The summed E-state index contributed by atoms with van der Waals surface area (Å²) in [5.41, 5.74) is 2.39. The molecular formula is C21H30N4O.